The first-order valence-electron chi connectivity index (χ1n) is 8.28. The van der Waals surface area contributed by atoms with E-state index < -0.39 is 16.6 Å². The van der Waals surface area contributed by atoms with Crippen LogP contribution >= 0.6 is 0 Å². The number of non-ortho nitro benzene ring substituents is 1. The topological polar surface area (TPSA) is 90.7 Å². The molecular formula is C20H22N2O5. The maximum atomic E-state index is 11.9. The summed E-state index contributed by atoms with van der Waals surface area (Å²) in [5.74, 6) is 0.407. The van der Waals surface area contributed by atoms with Crippen molar-refractivity contribution in [2.75, 3.05) is 12.4 Å². The number of benzene rings is 2. The van der Waals surface area contributed by atoms with Crippen molar-refractivity contribution in [3.63, 3.8) is 0 Å². The lowest BCUT2D eigenvalue weighted by molar-refractivity contribution is -0.384. The number of anilines is 1. The maximum absolute atomic E-state index is 11.9. The van der Waals surface area contributed by atoms with E-state index in [1.165, 1.54) is 19.2 Å². The first kappa shape index (κ1) is 20.0. The molecule has 0 aliphatic carbocycles. The second-order valence-electron chi connectivity index (χ2n) is 6.81. The molecule has 0 saturated heterocycles. The average Bonchev–Trinajstić information content (AvgIpc) is 2.58. The van der Waals surface area contributed by atoms with E-state index in [9.17, 15) is 14.9 Å². The fraction of sp³-hybridized carbons (Fsp3) is 0.250. The number of nitrogens with zero attached hydrogens (tertiary/aromatic N) is 1. The third-order valence-electron chi connectivity index (χ3n) is 3.36. The van der Waals surface area contributed by atoms with E-state index in [1.54, 1.807) is 57.2 Å². The lowest BCUT2D eigenvalue weighted by atomic mass is 10.1. The van der Waals surface area contributed by atoms with Gasteiger partial charge in [0.1, 0.15) is 11.4 Å². The van der Waals surface area contributed by atoms with Crippen LogP contribution in [0, 0.1) is 10.1 Å². The van der Waals surface area contributed by atoms with Crippen LogP contribution in [0.4, 0.5) is 16.2 Å². The minimum absolute atomic E-state index is 0.0469. The normalized spacial score (nSPS) is 11.3. The number of hydrogen-bond donors (Lipinski definition) is 1. The highest BCUT2D eigenvalue weighted by atomic mass is 16.6. The summed E-state index contributed by atoms with van der Waals surface area (Å²) >= 11 is 0. The van der Waals surface area contributed by atoms with Crippen molar-refractivity contribution in [3.05, 3.63) is 63.7 Å². The fourth-order valence-electron chi connectivity index (χ4n) is 2.26. The number of nitro benzene ring substituents is 1. The van der Waals surface area contributed by atoms with Crippen LogP contribution in [0.3, 0.4) is 0 Å². The molecule has 0 bridgehead atoms. The molecule has 0 unspecified atom stereocenters. The molecule has 2 aromatic carbocycles. The summed E-state index contributed by atoms with van der Waals surface area (Å²) in [6.45, 7) is 5.37. The number of ether oxygens (including phenoxy) is 2. The highest BCUT2D eigenvalue weighted by Crippen LogP contribution is 2.24. The lowest BCUT2D eigenvalue weighted by Crippen LogP contribution is -2.27. The Morgan fingerprint density at radius 3 is 2.44 bits per heavy atom. The molecule has 7 heteroatoms. The minimum atomic E-state index is -0.581. The predicted octanol–water partition coefficient (Wildman–Crippen LogP) is 5.12. The predicted molar refractivity (Wildman–Crippen MR) is 105 cm³/mol. The molecule has 0 atom stereocenters. The van der Waals surface area contributed by atoms with Gasteiger partial charge in [0.2, 0.25) is 0 Å². The van der Waals surface area contributed by atoms with Crippen molar-refractivity contribution in [1.29, 1.82) is 0 Å². The first-order valence-corrected chi connectivity index (χ1v) is 8.28. The molecule has 1 amide bonds. The van der Waals surface area contributed by atoms with Crippen molar-refractivity contribution in [1.82, 2.24) is 0 Å². The molecule has 0 fully saturated rings. The zero-order valence-corrected chi connectivity index (χ0v) is 15.7. The summed E-state index contributed by atoms with van der Waals surface area (Å²) in [6.07, 6.45) is 2.99. The summed E-state index contributed by atoms with van der Waals surface area (Å²) < 4.78 is 10.3. The van der Waals surface area contributed by atoms with Crippen LogP contribution in [0.2, 0.25) is 0 Å². The second kappa shape index (κ2) is 8.35. The Kier molecular flexibility index (Phi) is 6.18. The van der Waals surface area contributed by atoms with E-state index in [4.69, 9.17) is 9.47 Å². The monoisotopic (exact) mass is 370 g/mol. The van der Waals surface area contributed by atoms with E-state index in [0.29, 0.717) is 17.0 Å². The first-order chi connectivity index (χ1) is 12.7. The van der Waals surface area contributed by atoms with Gasteiger partial charge < -0.3 is 9.47 Å². The Labute approximate surface area is 157 Å². The quantitative estimate of drug-likeness (QED) is 0.448. The molecular weight excluding hydrogens is 348 g/mol. The standard InChI is InChI=1S/C20H22N2O5/c1-20(2,3)27-19(23)21-16-7-5-6-14(10-16)8-9-15-11-17(22(24)25)13-18(12-15)26-4/h5-13H,1-4H3,(H,21,23). The van der Waals surface area contributed by atoms with Crippen LogP contribution in [0.1, 0.15) is 31.9 Å². The molecule has 1 N–H and O–H groups in total. The van der Waals surface area contributed by atoms with Crippen molar-refractivity contribution in [2.24, 2.45) is 0 Å². The van der Waals surface area contributed by atoms with Gasteiger partial charge in [-0.25, -0.2) is 4.79 Å². The number of carbonyl (C=O) groups excluding carboxylic acids is 1. The number of methoxy groups -OCH3 is 1. The van der Waals surface area contributed by atoms with E-state index in [-0.39, 0.29) is 5.69 Å². The summed E-state index contributed by atoms with van der Waals surface area (Å²) in [6, 6.07) is 11.7. The number of rotatable bonds is 5. The largest absolute Gasteiger partial charge is 0.496 e. The van der Waals surface area contributed by atoms with Gasteiger partial charge >= 0.3 is 6.09 Å². The highest BCUT2D eigenvalue weighted by molar-refractivity contribution is 5.85. The molecule has 0 saturated carbocycles. The Hall–Kier alpha value is -3.35. The van der Waals surface area contributed by atoms with Gasteiger partial charge in [-0.15, -0.1) is 0 Å². The highest BCUT2D eigenvalue weighted by Gasteiger charge is 2.16. The van der Waals surface area contributed by atoms with E-state index in [2.05, 4.69) is 5.32 Å². The number of amides is 1. The van der Waals surface area contributed by atoms with Crippen LogP contribution in [-0.4, -0.2) is 23.7 Å². The smallest absolute Gasteiger partial charge is 0.412 e. The van der Waals surface area contributed by atoms with Crippen molar-refractivity contribution < 1.29 is 19.2 Å². The molecule has 0 spiro atoms. The van der Waals surface area contributed by atoms with Crippen LogP contribution in [-0.2, 0) is 4.74 Å². The van der Waals surface area contributed by atoms with E-state index in [1.807, 2.05) is 6.07 Å². The number of nitro groups is 1. The Balaban J connectivity index is 2.17. The van der Waals surface area contributed by atoms with Gasteiger partial charge in [0.15, 0.2) is 0 Å². The lowest BCUT2D eigenvalue weighted by Gasteiger charge is -2.19. The zero-order valence-electron chi connectivity index (χ0n) is 15.7. The molecule has 7 nitrogen and oxygen atoms in total. The molecule has 27 heavy (non-hydrogen) atoms. The third-order valence-corrected chi connectivity index (χ3v) is 3.36. The molecule has 0 radical (unpaired) electrons. The molecule has 0 aliphatic rings. The van der Waals surface area contributed by atoms with E-state index >= 15 is 0 Å². The van der Waals surface area contributed by atoms with Crippen molar-refractivity contribution >= 4 is 29.6 Å². The van der Waals surface area contributed by atoms with Gasteiger partial charge in [-0.3, -0.25) is 15.4 Å². The van der Waals surface area contributed by atoms with Crippen LogP contribution in [0.5, 0.6) is 5.75 Å². The van der Waals surface area contributed by atoms with Crippen LogP contribution in [0.25, 0.3) is 12.2 Å². The molecule has 0 aliphatic heterocycles. The number of carbonyl (C=O) groups is 1. The third kappa shape index (κ3) is 6.47. The SMILES string of the molecule is COc1cc(C=Cc2cccc(NC(=O)OC(C)(C)C)c2)cc([N+](=O)[O-])c1. The molecule has 2 aromatic rings. The second-order valence-corrected chi connectivity index (χ2v) is 6.81. The van der Waals surface area contributed by atoms with E-state index in [0.717, 1.165) is 5.56 Å². The summed E-state index contributed by atoms with van der Waals surface area (Å²) in [5.41, 5.74) is 1.40. The molecule has 0 heterocycles. The summed E-state index contributed by atoms with van der Waals surface area (Å²) in [7, 11) is 1.46. The summed E-state index contributed by atoms with van der Waals surface area (Å²) in [4.78, 5) is 22.4. The van der Waals surface area contributed by atoms with Gasteiger partial charge in [0, 0.05) is 11.8 Å². The minimum Gasteiger partial charge on any atom is -0.496 e. The van der Waals surface area contributed by atoms with Crippen molar-refractivity contribution in [2.45, 2.75) is 26.4 Å². The zero-order chi connectivity index (χ0) is 20.0. The Morgan fingerprint density at radius 2 is 1.81 bits per heavy atom. The maximum Gasteiger partial charge on any atom is 0.412 e. The Bertz CT molecular complexity index is 869. The van der Waals surface area contributed by atoms with Gasteiger partial charge in [-0.2, -0.15) is 0 Å². The summed E-state index contributed by atoms with van der Waals surface area (Å²) in [5, 5.41) is 13.7. The van der Waals surface area contributed by atoms with Gasteiger partial charge in [-0.05, 0) is 50.1 Å². The average molecular weight is 370 g/mol. The van der Waals surface area contributed by atoms with Gasteiger partial charge in [0.05, 0.1) is 18.1 Å². The van der Waals surface area contributed by atoms with Crippen molar-refractivity contribution in [3.8, 4) is 5.75 Å². The Morgan fingerprint density at radius 1 is 1.11 bits per heavy atom. The molecule has 142 valence electrons. The number of nitrogens with one attached hydrogen (secondary N) is 1. The van der Waals surface area contributed by atoms with Crippen LogP contribution in [0.15, 0.2) is 42.5 Å². The molecule has 2 rings (SSSR count). The van der Waals surface area contributed by atoms with Gasteiger partial charge in [0.25, 0.3) is 5.69 Å². The fourth-order valence-corrected chi connectivity index (χ4v) is 2.26. The molecule has 0 aromatic heterocycles. The number of hydrogen-bond acceptors (Lipinski definition) is 5. The van der Waals surface area contributed by atoms with Gasteiger partial charge in [-0.1, -0.05) is 24.3 Å². The van der Waals surface area contributed by atoms with Crippen LogP contribution < -0.4 is 10.1 Å².